The average Bonchev–Trinajstić information content (AvgIpc) is 3.12. The van der Waals surface area contributed by atoms with Crippen LogP contribution < -0.4 is 5.19 Å². The second kappa shape index (κ2) is 12.5. The molecule has 5 aromatic carbocycles. The highest BCUT2D eigenvalue weighted by Gasteiger charge is 2.17. The van der Waals surface area contributed by atoms with E-state index in [0.717, 1.165) is 50.2 Å². The molecule has 46 heavy (non-hydrogen) atoms. The number of nitrogens with zero attached hydrogens (tertiary/aromatic N) is 4. The largest absolute Gasteiger partial charge is 0.256 e. The Balaban J connectivity index is 1.27. The number of aromatic nitrogens is 4. The van der Waals surface area contributed by atoms with Crippen molar-refractivity contribution in [3.05, 3.63) is 152 Å². The Kier molecular flexibility index (Phi) is 7.91. The minimum Gasteiger partial charge on any atom is -0.256 e. The number of hydrogen-bond donors (Lipinski definition) is 0. The predicted octanol–water partition coefficient (Wildman–Crippen LogP) is 9.81. The lowest BCUT2D eigenvalue weighted by Crippen LogP contribution is -2.37. The van der Waals surface area contributed by atoms with Crippen LogP contribution in [0.3, 0.4) is 0 Å². The molecular weight excluding hydrogens is 577 g/mol. The van der Waals surface area contributed by atoms with Crippen molar-refractivity contribution < 1.29 is 0 Å². The third kappa shape index (κ3) is 6.32. The smallest absolute Gasteiger partial charge is 0.164 e. The van der Waals surface area contributed by atoms with E-state index in [-0.39, 0.29) is 0 Å². The van der Waals surface area contributed by atoms with Gasteiger partial charge in [0.2, 0.25) is 0 Å². The number of rotatable bonds is 7. The topological polar surface area (TPSA) is 51.6 Å². The van der Waals surface area contributed by atoms with E-state index < -0.39 is 8.07 Å². The first-order valence-electron chi connectivity index (χ1n) is 15.6. The molecule has 4 nitrogen and oxygen atoms in total. The summed E-state index contributed by atoms with van der Waals surface area (Å²) in [7, 11) is -1.42. The first-order chi connectivity index (χ1) is 22.4. The average molecular weight is 611 g/mol. The summed E-state index contributed by atoms with van der Waals surface area (Å²) >= 11 is 0. The van der Waals surface area contributed by atoms with E-state index in [9.17, 15) is 0 Å². The lowest BCUT2D eigenvalue weighted by molar-refractivity contribution is 1.07. The summed E-state index contributed by atoms with van der Waals surface area (Å²) in [6.07, 6.45) is 1.83. The van der Waals surface area contributed by atoms with Crippen molar-refractivity contribution in [1.29, 1.82) is 0 Å². The molecular formula is C41H34N4Si. The minimum atomic E-state index is -1.42. The first kappa shape index (κ1) is 29.2. The summed E-state index contributed by atoms with van der Waals surface area (Å²) in [5.74, 6) is 1.99. The molecule has 0 atom stereocenters. The molecule has 2 aromatic heterocycles. The normalized spacial score (nSPS) is 11.4. The molecule has 222 valence electrons. The zero-order valence-corrected chi connectivity index (χ0v) is 27.2. The van der Waals surface area contributed by atoms with Gasteiger partial charge in [-0.15, -0.1) is 0 Å². The van der Waals surface area contributed by atoms with Crippen LogP contribution >= 0.6 is 0 Å². The number of pyridine rings is 1. The van der Waals surface area contributed by atoms with Crippen LogP contribution in [0.5, 0.6) is 0 Å². The standard InChI is InChI=1S/C41H34N4Si/c1-46(2,3)37-23-21-30(22-24-37)40-43-39(29-12-5-4-6-13-29)44-41(45-40)36-19-11-17-34(28-36)32-15-9-14-31(26-32)33-16-10-18-35(27-33)38-20-7-8-25-42-38/h4-28H,1-3H3. The molecule has 0 N–H and O–H groups in total. The van der Waals surface area contributed by atoms with Crippen molar-refractivity contribution in [1.82, 2.24) is 19.9 Å². The fraction of sp³-hybridized carbons (Fsp3) is 0.0732. The van der Waals surface area contributed by atoms with Crippen LogP contribution in [0.2, 0.25) is 19.6 Å². The van der Waals surface area contributed by atoms with Crippen LogP contribution in [0.25, 0.3) is 67.7 Å². The second-order valence-electron chi connectivity index (χ2n) is 12.5. The van der Waals surface area contributed by atoms with E-state index in [1.165, 1.54) is 5.19 Å². The summed E-state index contributed by atoms with van der Waals surface area (Å²) in [5.41, 5.74) is 9.48. The highest BCUT2D eigenvalue weighted by atomic mass is 28.3. The maximum Gasteiger partial charge on any atom is 0.164 e. The van der Waals surface area contributed by atoms with Gasteiger partial charge in [0.25, 0.3) is 0 Å². The first-order valence-corrected chi connectivity index (χ1v) is 19.1. The molecule has 0 aliphatic heterocycles. The van der Waals surface area contributed by atoms with Gasteiger partial charge < -0.3 is 0 Å². The Hall–Kier alpha value is -5.52. The maximum atomic E-state index is 5.01. The lowest BCUT2D eigenvalue weighted by Gasteiger charge is -2.16. The molecule has 0 bridgehead atoms. The zero-order chi connectivity index (χ0) is 31.5. The molecule has 0 fully saturated rings. The molecule has 0 aliphatic carbocycles. The van der Waals surface area contributed by atoms with Crippen LogP contribution in [-0.2, 0) is 0 Å². The molecule has 0 unspecified atom stereocenters. The molecule has 2 heterocycles. The summed E-state index contributed by atoms with van der Waals surface area (Å²) in [5, 5.41) is 1.41. The summed E-state index contributed by atoms with van der Waals surface area (Å²) in [6, 6.07) is 50.5. The SMILES string of the molecule is C[Si](C)(C)c1ccc(-c2nc(-c3ccccc3)nc(-c3cccc(-c4cccc(-c5cccc(-c6ccccn6)c5)c4)c3)n2)cc1. The van der Waals surface area contributed by atoms with Crippen molar-refractivity contribution in [2.75, 3.05) is 0 Å². The van der Waals surface area contributed by atoms with Crippen LogP contribution in [0, 0.1) is 0 Å². The molecule has 0 aliphatic rings. The summed E-state index contributed by atoms with van der Waals surface area (Å²) < 4.78 is 0. The van der Waals surface area contributed by atoms with E-state index in [1.807, 2.05) is 54.7 Å². The van der Waals surface area contributed by atoms with Gasteiger partial charge in [-0.2, -0.15) is 0 Å². The van der Waals surface area contributed by atoms with Gasteiger partial charge in [0.05, 0.1) is 13.8 Å². The number of benzene rings is 5. The van der Waals surface area contributed by atoms with Crippen molar-refractivity contribution in [2.24, 2.45) is 0 Å². The molecule has 5 heteroatoms. The molecule has 0 amide bonds. The van der Waals surface area contributed by atoms with Crippen molar-refractivity contribution in [3.8, 4) is 67.7 Å². The van der Waals surface area contributed by atoms with Crippen molar-refractivity contribution in [2.45, 2.75) is 19.6 Å². The van der Waals surface area contributed by atoms with Crippen LogP contribution in [0.15, 0.2) is 152 Å². The zero-order valence-electron chi connectivity index (χ0n) is 26.2. The van der Waals surface area contributed by atoms with Gasteiger partial charge >= 0.3 is 0 Å². The molecule has 0 spiro atoms. The van der Waals surface area contributed by atoms with Gasteiger partial charge in [-0.1, -0.05) is 140 Å². The lowest BCUT2D eigenvalue weighted by atomic mass is 9.96. The van der Waals surface area contributed by atoms with E-state index in [0.29, 0.717) is 17.5 Å². The van der Waals surface area contributed by atoms with Crippen molar-refractivity contribution in [3.63, 3.8) is 0 Å². The van der Waals surface area contributed by atoms with E-state index in [4.69, 9.17) is 15.0 Å². The molecule has 0 saturated carbocycles. The third-order valence-corrected chi connectivity index (χ3v) is 10.2. The van der Waals surface area contributed by atoms with E-state index in [1.54, 1.807) is 0 Å². The van der Waals surface area contributed by atoms with E-state index in [2.05, 4.69) is 122 Å². The fourth-order valence-corrected chi connectivity index (χ4v) is 6.74. The molecule has 0 radical (unpaired) electrons. The van der Waals surface area contributed by atoms with Gasteiger partial charge in [-0.3, -0.25) is 4.98 Å². The highest BCUT2D eigenvalue weighted by Crippen LogP contribution is 2.32. The van der Waals surface area contributed by atoms with Crippen LogP contribution in [0.1, 0.15) is 0 Å². The van der Waals surface area contributed by atoms with Crippen LogP contribution in [-0.4, -0.2) is 28.0 Å². The van der Waals surface area contributed by atoms with Crippen molar-refractivity contribution >= 4 is 13.3 Å². The van der Waals surface area contributed by atoms with Gasteiger partial charge in [-0.05, 0) is 52.6 Å². The molecule has 0 saturated heterocycles. The molecule has 7 rings (SSSR count). The Morgan fingerprint density at radius 1 is 0.370 bits per heavy atom. The Morgan fingerprint density at radius 3 is 1.35 bits per heavy atom. The number of hydrogen-bond acceptors (Lipinski definition) is 4. The molecule has 7 aromatic rings. The second-order valence-corrected chi connectivity index (χ2v) is 17.5. The minimum absolute atomic E-state index is 0.652. The van der Waals surface area contributed by atoms with E-state index >= 15 is 0 Å². The predicted molar refractivity (Wildman–Crippen MR) is 193 cm³/mol. The fourth-order valence-electron chi connectivity index (χ4n) is 5.58. The van der Waals surface area contributed by atoms with Gasteiger partial charge in [0.1, 0.15) is 0 Å². The summed E-state index contributed by atoms with van der Waals surface area (Å²) in [6.45, 7) is 7.08. The monoisotopic (exact) mass is 610 g/mol. The van der Waals surface area contributed by atoms with Gasteiger partial charge in [-0.25, -0.2) is 15.0 Å². The summed E-state index contributed by atoms with van der Waals surface area (Å²) in [4.78, 5) is 19.5. The van der Waals surface area contributed by atoms with Gasteiger partial charge in [0, 0.05) is 28.5 Å². The third-order valence-electron chi connectivity index (χ3n) is 8.15. The van der Waals surface area contributed by atoms with Crippen LogP contribution in [0.4, 0.5) is 0 Å². The Morgan fingerprint density at radius 2 is 0.804 bits per heavy atom. The Bertz CT molecular complexity index is 2120. The highest BCUT2D eigenvalue weighted by molar-refractivity contribution is 6.88. The maximum absolute atomic E-state index is 5.01. The quantitative estimate of drug-likeness (QED) is 0.169. The Labute approximate surface area is 271 Å². The van der Waals surface area contributed by atoms with Gasteiger partial charge in [0.15, 0.2) is 17.5 Å².